The highest BCUT2D eigenvalue weighted by atomic mass is 35.5. The molecule has 2 aliphatic heterocycles. The third-order valence-electron chi connectivity index (χ3n) is 7.19. The number of piperidine rings is 1. The number of hydrogen-bond donors (Lipinski definition) is 1. The van der Waals surface area contributed by atoms with Crippen molar-refractivity contribution in [2.24, 2.45) is 4.99 Å². The molecule has 3 aromatic carbocycles. The van der Waals surface area contributed by atoms with E-state index in [0.29, 0.717) is 10.8 Å². The van der Waals surface area contributed by atoms with Gasteiger partial charge in [0.2, 0.25) is 0 Å². The molecular formula is C33H33ClN4O. The van der Waals surface area contributed by atoms with E-state index in [4.69, 9.17) is 26.3 Å². The molecule has 6 heteroatoms. The van der Waals surface area contributed by atoms with Gasteiger partial charge < -0.3 is 14.6 Å². The van der Waals surface area contributed by atoms with E-state index in [1.165, 1.54) is 0 Å². The normalized spacial score (nSPS) is 17.5. The maximum absolute atomic E-state index is 6.46. The Labute approximate surface area is 234 Å². The molecule has 1 fully saturated rings. The molecule has 0 spiro atoms. The Morgan fingerprint density at radius 2 is 1.54 bits per heavy atom. The molecule has 1 N–H and O–H groups in total. The van der Waals surface area contributed by atoms with Crippen LogP contribution in [0.2, 0.25) is 5.02 Å². The van der Waals surface area contributed by atoms with Gasteiger partial charge >= 0.3 is 0 Å². The highest BCUT2D eigenvalue weighted by Crippen LogP contribution is 2.34. The third-order valence-corrected chi connectivity index (χ3v) is 7.43. The zero-order valence-electron chi connectivity index (χ0n) is 22.8. The van der Waals surface area contributed by atoms with Gasteiger partial charge in [0.1, 0.15) is 11.1 Å². The van der Waals surface area contributed by atoms with E-state index < -0.39 is 0 Å². The molecule has 1 saturated heterocycles. The number of halogens is 1. The SMILES string of the molecule is CC1(C)CC(N=c2cc3n(-c4ccccc4)c4ccc(Cl)cc4nc-3cc2Oc2ccccc2)CC(C)(C)N1. The van der Waals surface area contributed by atoms with Crippen molar-refractivity contribution < 1.29 is 4.74 Å². The van der Waals surface area contributed by atoms with Crippen molar-refractivity contribution in [2.75, 3.05) is 0 Å². The maximum Gasteiger partial charge on any atom is 0.154 e. The molecule has 6 rings (SSSR count). The van der Waals surface area contributed by atoms with Crippen molar-refractivity contribution in [2.45, 2.75) is 57.7 Å². The molecular weight excluding hydrogens is 504 g/mol. The molecule has 0 radical (unpaired) electrons. The summed E-state index contributed by atoms with van der Waals surface area (Å²) in [5.74, 6) is 1.45. The van der Waals surface area contributed by atoms with Crippen LogP contribution in [0.25, 0.3) is 28.1 Å². The van der Waals surface area contributed by atoms with Crippen molar-refractivity contribution in [3.63, 3.8) is 0 Å². The van der Waals surface area contributed by atoms with E-state index in [1.54, 1.807) is 0 Å². The molecule has 0 unspecified atom stereocenters. The topological polar surface area (TPSA) is 51.4 Å². The molecule has 5 nitrogen and oxygen atoms in total. The summed E-state index contributed by atoms with van der Waals surface area (Å²) < 4.78 is 8.69. The molecule has 0 bridgehead atoms. The lowest BCUT2D eigenvalue weighted by Crippen LogP contribution is -2.59. The molecule has 3 aliphatic rings. The van der Waals surface area contributed by atoms with Crippen molar-refractivity contribution in [3.05, 3.63) is 101 Å². The van der Waals surface area contributed by atoms with Gasteiger partial charge in [0, 0.05) is 27.9 Å². The van der Waals surface area contributed by atoms with Gasteiger partial charge in [0.25, 0.3) is 0 Å². The third kappa shape index (κ3) is 5.42. The van der Waals surface area contributed by atoms with Gasteiger partial charge in [-0.3, -0.25) is 4.99 Å². The fraction of sp³-hybridized carbons (Fsp3) is 0.273. The largest absolute Gasteiger partial charge is 0.455 e. The second kappa shape index (κ2) is 9.82. The summed E-state index contributed by atoms with van der Waals surface area (Å²) in [5.41, 5.74) is 4.57. The minimum atomic E-state index is -0.0197. The van der Waals surface area contributed by atoms with Crippen molar-refractivity contribution >= 4 is 22.6 Å². The monoisotopic (exact) mass is 536 g/mol. The van der Waals surface area contributed by atoms with Gasteiger partial charge in [-0.15, -0.1) is 0 Å². The number of benzene rings is 4. The quantitative estimate of drug-likeness (QED) is 0.238. The van der Waals surface area contributed by atoms with Crippen LogP contribution < -0.4 is 15.4 Å². The van der Waals surface area contributed by atoms with E-state index in [9.17, 15) is 0 Å². The van der Waals surface area contributed by atoms with Gasteiger partial charge in [0.15, 0.2) is 5.75 Å². The molecule has 0 saturated carbocycles. The zero-order valence-corrected chi connectivity index (χ0v) is 23.5. The van der Waals surface area contributed by atoms with Crippen LogP contribution in [0.5, 0.6) is 11.5 Å². The van der Waals surface area contributed by atoms with Crippen molar-refractivity contribution in [3.8, 4) is 28.6 Å². The average Bonchev–Trinajstić information content (AvgIpc) is 2.87. The number of fused-ring (bicyclic) bond motifs is 2. The van der Waals surface area contributed by atoms with Crippen molar-refractivity contribution in [1.29, 1.82) is 0 Å². The summed E-state index contributed by atoms with van der Waals surface area (Å²) in [4.78, 5) is 10.4. The number of ether oxygens (including phenoxy) is 1. The highest BCUT2D eigenvalue weighted by Gasteiger charge is 2.37. The Kier molecular flexibility index (Phi) is 6.44. The van der Waals surface area contributed by atoms with Crippen LogP contribution in [-0.2, 0) is 0 Å². The second-order valence-corrected chi connectivity index (χ2v) is 12.2. The predicted octanol–water partition coefficient (Wildman–Crippen LogP) is 7.79. The minimum Gasteiger partial charge on any atom is -0.455 e. The van der Waals surface area contributed by atoms with Crippen LogP contribution in [0.15, 0.2) is 96.0 Å². The lowest BCUT2D eigenvalue weighted by atomic mass is 9.80. The molecule has 198 valence electrons. The first kappa shape index (κ1) is 25.6. The summed E-state index contributed by atoms with van der Waals surface area (Å²) in [6, 6.07) is 30.3. The minimum absolute atomic E-state index is 0.0197. The first-order valence-corrected chi connectivity index (χ1v) is 13.8. The van der Waals surface area contributed by atoms with Crippen LogP contribution >= 0.6 is 11.6 Å². The van der Waals surface area contributed by atoms with Gasteiger partial charge in [0.05, 0.1) is 28.5 Å². The summed E-state index contributed by atoms with van der Waals surface area (Å²) in [6.45, 7) is 9.01. The van der Waals surface area contributed by atoms with E-state index in [2.05, 4.69) is 55.8 Å². The first-order valence-electron chi connectivity index (χ1n) is 13.4. The van der Waals surface area contributed by atoms with Crippen LogP contribution in [0.3, 0.4) is 0 Å². The van der Waals surface area contributed by atoms with Crippen LogP contribution in [0.4, 0.5) is 0 Å². The Morgan fingerprint density at radius 1 is 0.872 bits per heavy atom. The molecule has 2 heterocycles. The van der Waals surface area contributed by atoms with Gasteiger partial charge in [-0.2, -0.15) is 0 Å². The molecule has 1 aliphatic carbocycles. The van der Waals surface area contributed by atoms with E-state index in [1.807, 2.05) is 72.8 Å². The van der Waals surface area contributed by atoms with Crippen LogP contribution in [-0.4, -0.2) is 26.7 Å². The Bertz CT molecular complexity index is 1660. The van der Waals surface area contributed by atoms with Gasteiger partial charge in [-0.05, 0) is 89.1 Å². The maximum atomic E-state index is 6.46. The number of hydrogen-bond acceptors (Lipinski definition) is 4. The Balaban J connectivity index is 1.63. The Morgan fingerprint density at radius 3 is 2.23 bits per heavy atom. The van der Waals surface area contributed by atoms with Crippen LogP contribution in [0, 0.1) is 0 Å². The number of aromatic nitrogens is 2. The predicted molar refractivity (Wildman–Crippen MR) is 159 cm³/mol. The summed E-state index contributed by atoms with van der Waals surface area (Å²) in [7, 11) is 0. The van der Waals surface area contributed by atoms with Gasteiger partial charge in [-0.25, -0.2) is 4.98 Å². The lowest BCUT2D eigenvalue weighted by Gasteiger charge is -2.45. The zero-order chi connectivity index (χ0) is 27.2. The van der Waals surface area contributed by atoms with E-state index >= 15 is 0 Å². The van der Waals surface area contributed by atoms with E-state index in [0.717, 1.165) is 52.1 Å². The first-order chi connectivity index (χ1) is 18.7. The average molecular weight is 537 g/mol. The number of rotatable bonds is 4. The summed E-state index contributed by atoms with van der Waals surface area (Å²) in [5, 5.41) is 5.25. The molecule has 0 amide bonds. The van der Waals surface area contributed by atoms with Gasteiger partial charge in [-0.1, -0.05) is 48.0 Å². The molecule has 3 aromatic rings. The van der Waals surface area contributed by atoms with Crippen molar-refractivity contribution in [1.82, 2.24) is 14.9 Å². The summed E-state index contributed by atoms with van der Waals surface area (Å²) >= 11 is 6.39. The smallest absolute Gasteiger partial charge is 0.154 e. The Hall–Kier alpha value is -3.67. The molecule has 39 heavy (non-hydrogen) atoms. The number of para-hydroxylation sites is 2. The lowest BCUT2D eigenvalue weighted by molar-refractivity contribution is 0.162. The van der Waals surface area contributed by atoms with E-state index in [-0.39, 0.29) is 17.1 Å². The fourth-order valence-corrected chi connectivity index (χ4v) is 6.23. The standard InChI is InChI=1S/C33H33ClN4O/c1-32(2)20-23(21-33(3,4)37-32)35-28-18-30-27(19-31(28)39-25-13-9-6-10-14-25)36-26-17-22(34)15-16-29(26)38(30)24-11-7-5-8-12-24/h5-19,23,37H,20-21H2,1-4H3. The molecule has 0 aromatic heterocycles. The number of nitrogens with zero attached hydrogens (tertiary/aromatic N) is 3. The highest BCUT2D eigenvalue weighted by molar-refractivity contribution is 6.31. The molecule has 0 atom stereocenters. The fourth-order valence-electron chi connectivity index (χ4n) is 6.06. The van der Waals surface area contributed by atoms with Crippen LogP contribution in [0.1, 0.15) is 40.5 Å². The second-order valence-electron chi connectivity index (χ2n) is 11.7. The number of nitrogens with one attached hydrogen (secondary N) is 1. The summed E-state index contributed by atoms with van der Waals surface area (Å²) in [6.07, 6.45) is 1.87.